The molecule has 2 N–H and O–H groups in total. The lowest BCUT2D eigenvalue weighted by molar-refractivity contribution is -0.123. The first-order valence-electron chi connectivity index (χ1n) is 10.4. The van der Waals surface area contributed by atoms with E-state index in [0.717, 1.165) is 21.7 Å². The van der Waals surface area contributed by atoms with E-state index >= 15 is 0 Å². The molecule has 4 rings (SSSR count). The van der Waals surface area contributed by atoms with Gasteiger partial charge in [0.1, 0.15) is 15.6 Å². The minimum atomic E-state index is -0.491. The third-order valence-corrected chi connectivity index (χ3v) is 6.12. The van der Waals surface area contributed by atoms with Crippen molar-refractivity contribution in [3.8, 4) is 33.5 Å². The van der Waals surface area contributed by atoms with Gasteiger partial charge in [-0.05, 0) is 42.3 Å². The SMILES string of the molecule is Cc1nc(-c2ccccc2)sc1C(=O)NNC(=O)COc1ccc(-c2ccc(C#N)cc2)cc1. The van der Waals surface area contributed by atoms with Crippen molar-refractivity contribution in [2.24, 2.45) is 0 Å². The number of nitrogens with zero attached hydrogens (tertiary/aromatic N) is 2. The lowest BCUT2D eigenvalue weighted by atomic mass is 10.0. The number of hydrazine groups is 1. The Balaban J connectivity index is 1.28. The Kier molecular flexibility index (Phi) is 6.96. The number of hydrogen-bond donors (Lipinski definition) is 2. The van der Waals surface area contributed by atoms with Gasteiger partial charge in [-0.2, -0.15) is 5.26 Å². The average molecular weight is 469 g/mol. The maximum absolute atomic E-state index is 12.5. The molecule has 1 heterocycles. The van der Waals surface area contributed by atoms with Gasteiger partial charge in [0, 0.05) is 5.56 Å². The molecule has 0 saturated carbocycles. The van der Waals surface area contributed by atoms with Crippen LogP contribution in [0.2, 0.25) is 0 Å². The Labute approximate surface area is 200 Å². The molecule has 1 aromatic heterocycles. The molecule has 0 bridgehead atoms. The van der Waals surface area contributed by atoms with E-state index < -0.39 is 11.8 Å². The predicted molar refractivity (Wildman–Crippen MR) is 130 cm³/mol. The highest BCUT2D eigenvalue weighted by atomic mass is 32.1. The first-order valence-corrected chi connectivity index (χ1v) is 11.2. The smallest absolute Gasteiger partial charge is 0.281 e. The van der Waals surface area contributed by atoms with Crippen LogP contribution in [0.4, 0.5) is 0 Å². The lowest BCUT2D eigenvalue weighted by Crippen LogP contribution is -2.43. The quantitative estimate of drug-likeness (QED) is 0.406. The fraction of sp³-hybridized carbons (Fsp3) is 0.0769. The van der Waals surface area contributed by atoms with Gasteiger partial charge in [0.2, 0.25) is 0 Å². The third kappa shape index (κ3) is 5.46. The number of amides is 2. The molecule has 0 aliphatic carbocycles. The largest absolute Gasteiger partial charge is 0.484 e. The van der Waals surface area contributed by atoms with Crippen LogP contribution in [0.15, 0.2) is 78.9 Å². The predicted octanol–water partition coefficient (Wildman–Crippen LogP) is 4.50. The van der Waals surface area contributed by atoms with Crippen molar-refractivity contribution in [3.05, 3.63) is 95.0 Å². The number of aryl methyl sites for hydroxylation is 1. The second-order valence-corrected chi connectivity index (χ2v) is 8.30. The van der Waals surface area contributed by atoms with Gasteiger partial charge >= 0.3 is 0 Å². The number of carbonyl (C=O) groups is 2. The fourth-order valence-electron chi connectivity index (χ4n) is 3.16. The van der Waals surface area contributed by atoms with Gasteiger partial charge in [-0.1, -0.05) is 54.6 Å². The number of thiazole rings is 1. The molecular weight excluding hydrogens is 448 g/mol. The molecule has 8 heteroatoms. The van der Waals surface area contributed by atoms with Crippen molar-refractivity contribution < 1.29 is 14.3 Å². The highest BCUT2D eigenvalue weighted by Crippen LogP contribution is 2.27. The van der Waals surface area contributed by atoms with E-state index in [-0.39, 0.29) is 6.61 Å². The zero-order chi connectivity index (χ0) is 23.9. The van der Waals surface area contributed by atoms with Gasteiger partial charge < -0.3 is 4.74 Å². The summed E-state index contributed by atoms with van der Waals surface area (Å²) in [7, 11) is 0. The molecule has 0 fully saturated rings. The monoisotopic (exact) mass is 468 g/mol. The number of hydrogen-bond acceptors (Lipinski definition) is 6. The molecule has 4 aromatic rings. The van der Waals surface area contributed by atoms with E-state index in [9.17, 15) is 9.59 Å². The number of rotatable bonds is 6. The average Bonchev–Trinajstić information content (AvgIpc) is 3.28. The summed E-state index contributed by atoms with van der Waals surface area (Å²) >= 11 is 1.26. The molecule has 0 unspecified atom stereocenters. The molecule has 0 aliphatic rings. The van der Waals surface area contributed by atoms with Crippen LogP contribution in [0.5, 0.6) is 5.75 Å². The Morgan fingerprint density at radius 1 is 0.912 bits per heavy atom. The first-order chi connectivity index (χ1) is 16.5. The van der Waals surface area contributed by atoms with Gasteiger partial charge in [-0.15, -0.1) is 11.3 Å². The zero-order valence-electron chi connectivity index (χ0n) is 18.2. The van der Waals surface area contributed by atoms with Crippen LogP contribution in [0.1, 0.15) is 20.9 Å². The molecular formula is C26H20N4O3S. The molecule has 0 radical (unpaired) electrons. The molecule has 0 aliphatic heterocycles. The minimum absolute atomic E-state index is 0.257. The summed E-state index contributed by atoms with van der Waals surface area (Å²) in [5.74, 6) is -0.406. The number of carbonyl (C=O) groups excluding carboxylic acids is 2. The molecule has 168 valence electrons. The van der Waals surface area contributed by atoms with Crippen molar-refractivity contribution in [1.29, 1.82) is 5.26 Å². The molecule has 0 saturated heterocycles. The summed E-state index contributed by atoms with van der Waals surface area (Å²) in [4.78, 5) is 29.5. The second-order valence-electron chi connectivity index (χ2n) is 7.30. The van der Waals surface area contributed by atoms with Crippen molar-refractivity contribution in [3.63, 3.8) is 0 Å². The summed E-state index contributed by atoms with van der Waals surface area (Å²) in [6, 6.07) is 26.2. The highest BCUT2D eigenvalue weighted by molar-refractivity contribution is 7.17. The molecule has 0 atom stereocenters. The molecule has 0 spiro atoms. The van der Waals surface area contributed by atoms with Crippen LogP contribution >= 0.6 is 11.3 Å². The maximum atomic E-state index is 12.5. The maximum Gasteiger partial charge on any atom is 0.281 e. The number of nitrogens with one attached hydrogen (secondary N) is 2. The van der Waals surface area contributed by atoms with E-state index in [1.54, 1.807) is 31.2 Å². The van der Waals surface area contributed by atoms with E-state index in [1.165, 1.54) is 11.3 Å². The van der Waals surface area contributed by atoms with Crippen LogP contribution < -0.4 is 15.6 Å². The second kappa shape index (κ2) is 10.4. The lowest BCUT2D eigenvalue weighted by Gasteiger charge is -2.09. The third-order valence-electron chi connectivity index (χ3n) is 4.91. The topological polar surface area (TPSA) is 104 Å². The van der Waals surface area contributed by atoms with Gasteiger partial charge in [-0.3, -0.25) is 20.4 Å². The fourth-order valence-corrected chi connectivity index (χ4v) is 4.13. The number of nitriles is 1. The summed E-state index contributed by atoms with van der Waals surface area (Å²) < 4.78 is 5.50. The number of aromatic nitrogens is 1. The van der Waals surface area contributed by atoms with Gasteiger partial charge in [0.05, 0.1) is 17.3 Å². The molecule has 3 aromatic carbocycles. The van der Waals surface area contributed by atoms with Crippen LogP contribution in [-0.4, -0.2) is 23.4 Å². The van der Waals surface area contributed by atoms with Gasteiger partial charge in [0.15, 0.2) is 6.61 Å². The van der Waals surface area contributed by atoms with Crippen LogP contribution in [0.3, 0.4) is 0 Å². The van der Waals surface area contributed by atoms with Crippen LogP contribution in [0, 0.1) is 18.3 Å². The zero-order valence-corrected chi connectivity index (χ0v) is 19.1. The minimum Gasteiger partial charge on any atom is -0.484 e. The standard InChI is InChI=1S/C26H20N4O3S/c1-17-24(34-26(28-17)21-5-3-2-4-6-21)25(32)30-29-23(31)16-33-22-13-11-20(12-14-22)19-9-7-18(15-27)8-10-19/h2-14H,16H2,1H3,(H,29,31)(H,30,32). The van der Waals surface area contributed by atoms with Gasteiger partial charge in [0.25, 0.3) is 11.8 Å². The van der Waals surface area contributed by atoms with Crippen molar-refractivity contribution in [2.45, 2.75) is 6.92 Å². The van der Waals surface area contributed by atoms with E-state index in [2.05, 4.69) is 21.9 Å². The summed E-state index contributed by atoms with van der Waals surface area (Å²) in [6.45, 7) is 1.50. The van der Waals surface area contributed by atoms with Crippen molar-refractivity contribution in [2.75, 3.05) is 6.61 Å². The molecule has 7 nitrogen and oxygen atoms in total. The Bertz CT molecular complexity index is 1340. The Morgan fingerprint density at radius 3 is 2.21 bits per heavy atom. The van der Waals surface area contributed by atoms with Crippen molar-refractivity contribution >= 4 is 23.2 Å². The summed E-state index contributed by atoms with van der Waals surface area (Å²) in [5, 5.41) is 9.64. The van der Waals surface area contributed by atoms with Crippen LogP contribution in [0.25, 0.3) is 21.7 Å². The molecule has 2 amide bonds. The normalized spacial score (nSPS) is 10.2. The number of ether oxygens (including phenoxy) is 1. The summed E-state index contributed by atoms with van der Waals surface area (Å²) in [6.07, 6.45) is 0. The van der Waals surface area contributed by atoms with E-state index in [4.69, 9.17) is 10.00 Å². The van der Waals surface area contributed by atoms with E-state index in [1.807, 2.05) is 54.6 Å². The Morgan fingerprint density at radius 2 is 1.56 bits per heavy atom. The first kappa shape index (κ1) is 22.7. The summed E-state index contributed by atoms with van der Waals surface area (Å²) in [5.41, 5.74) is 8.83. The van der Waals surface area contributed by atoms with Gasteiger partial charge in [-0.25, -0.2) is 4.98 Å². The number of benzene rings is 3. The van der Waals surface area contributed by atoms with Crippen LogP contribution in [-0.2, 0) is 4.79 Å². The highest BCUT2D eigenvalue weighted by Gasteiger charge is 2.17. The van der Waals surface area contributed by atoms with E-state index in [0.29, 0.717) is 21.9 Å². The van der Waals surface area contributed by atoms with Crippen molar-refractivity contribution in [1.82, 2.24) is 15.8 Å². The Hall–Kier alpha value is -4.48. The molecule has 34 heavy (non-hydrogen) atoms.